The summed E-state index contributed by atoms with van der Waals surface area (Å²) in [5, 5.41) is 2.56. The third-order valence-corrected chi connectivity index (χ3v) is 5.89. The number of carbonyl (C=O) groups excluding carboxylic acids is 1. The minimum absolute atomic E-state index is 0.0204. The summed E-state index contributed by atoms with van der Waals surface area (Å²) >= 11 is -0.266. The van der Waals surface area contributed by atoms with E-state index in [0.29, 0.717) is 5.69 Å². The van der Waals surface area contributed by atoms with Gasteiger partial charge in [-0.25, -0.2) is 13.1 Å². The van der Waals surface area contributed by atoms with Gasteiger partial charge in [-0.1, -0.05) is 0 Å². The van der Waals surface area contributed by atoms with Crippen molar-refractivity contribution in [1.82, 2.24) is 4.72 Å². The van der Waals surface area contributed by atoms with E-state index in [9.17, 15) is 26.4 Å². The molecule has 2 aromatic carbocycles. The summed E-state index contributed by atoms with van der Waals surface area (Å²) in [7, 11) is -2.27. The van der Waals surface area contributed by atoms with Crippen LogP contribution in [-0.4, -0.2) is 39.6 Å². The molecule has 1 atom stereocenters. The van der Waals surface area contributed by atoms with Gasteiger partial charge < -0.3 is 10.1 Å². The van der Waals surface area contributed by atoms with E-state index in [0.717, 1.165) is 0 Å². The Bertz CT molecular complexity index is 931. The van der Waals surface area contributed by atoms with Crippen molar-refractivity contribution in [2.45, 2.75) is 28.3 Å². The first-order valence-corrected chi connectivity index (χ1v) is 10.6. The van der Waals surface area contributed by atoms with Gasteiger partial charge >= 0.3 is 5.51 Å². The van der Waals surface area contributed by atoms with Gasteiger partial charge in [-0.3, -0.25) is 4.79 Å². The molecule has 0 radical (unpaired) electrons. The lowest BCUT2D eigenvalue weighted by molar-refractivity contribution is -0.0328. The third kappa shape index (κ3) is 7.35. The molecular formula is C18H19F3N2O4S2. The number of rotatable bonds is 8. The lowest BCUT2D eigenvalue weighted by Crippen LogP contribution is -2.35. The van der Waals surface area contributed by atoms with Crippen LogP contribution < -0.4 is 10.0 Å². The van der Waals surface area contributed by atoms with Crippen molar-refractivity contribution in [2.24, 2.45) is 0 Å². The standard InChI is InChI=1S/C18H19F3N2O4S2/c1-12(11-27-2)23-29(25,26)16-9-5-14(6-10-16)22-17(24)13-3-7-15(8-4-13)28-18(19,20)21/h3-10,12,23H,11H2,1-2H3,(H,22,24). The van der Waals surface area contributed by atoms with Gasteiger partial charge in [0.1, 0.15) is 0 Å². The van der Waals surface area contributed by atoms with Crippen LogP contribution in [0, 0.1) is 0 Å². The summed E-state index contributed by atoms with van der Waals surface area (Å²) in [6, 6.07) is 10.1. The number of amides is 1. The second-order valence-corrected chi connectivity index (χ2v) is 8.88. The van der Waals surface area contributed by atoms with Gasteiger partial charge in [0.15, 0.2) is 0 Å². The number of nitrogens with one attached hydrogen (secondary N) is 2. The highest BCUT2D eigenvalue weighted by molar-refractivity contribution is 8.00. The van der Waals surface area contributed by atoms with E-state index >= 15 is 0 Å². The van der Waals surface area contributed by atoms with Crippen molar-refractivity contribution in [2.75, 3.05) is 19.0 Å². The molecule has 0 aliphatic heterocycles. The van der Waals surface area contributed by atoms with E-state index in [1.54, 1.807) is 6.92 Å². The summed E-state index contributed by atoms with van der Waals surface area (Å²) in [6.45, 7) is 1.88. The number of hydrogen-bond acceptors (Lipinski definition) is 5. The number of benzene rings is 2. The van der Waals surface area contributed by atoms with Crippen LogP contribution in [0.2, 0.25) is 0 Å². The SMILES string of the molecule is COCC(C)NS(=O)(=O)c1ccc(NC(=O)c2ccc(SC(F)(F)F)cc2)cc1. The van der Waals surface area contributed by atoms with Crippen LogP contribution in [0.15, 0.2) is 58.3 Å². The second kappa shape index (κ2) is 9.61. The zero-order chi connectivity index (χ0) is 21.7. The molecular weight excluding hydrogens is 429 g/mol. The van der Waals surface area contributed by atoms with Gasteiger partial charge in [0.25, 0.3) is 5.91 Å². The fourth-order valence-corrected chi connectivity index (χ4v) is 4.11. The lowest BCUT2D eigenvalue weighted by atomic mass is 10.2. The summed E-state index contributed by atoms with van der Waals surface area (Å²) in [4.78, 5) is 12.2. The number of anilines is 1. The van der Waals surface area contributed by atoms with Gasteiger partial charge in [0.05, 0.1) is 11.5 Å². The van der Waals surface area contributed by atoms with Crippen LogP contribution in [0.25, 0.3) is 0 Å². The molecule has 1 amide bonds. The van der Waals surface area contributed by atoms with Crippen LogP contribution in [0.5, 0.6) is 0 Å². The lowest BCUT2D eigenvalue weighted by Gasteiger charge is -2.13. The maximum absolute atomic E-state index is 12.3. The summed E-state index contributed by atoms with van der Waals surface area (Å²) in [5.74, 6) is -0.531. The number of alkyl halides is 3. The number of ether oxygens (including phenoxy) is 1. The Morgan fingerprint density at radius 3 is 2.21 bits per heavy atom. The molecule has 29 heavy (non-hydrogen) atoms. The maximum Gasteiger partial charge on any atom is 0.446 e. The van der Waals surface area contributed by atoms with Crippen molar-refractivity contribution < 1.29 is 31.1 Å². The molecule has 6 nitrogen and oxygen atoms in total. The minimum Gasteiger partial charge on any atom is -0.383 e. The highest BCUT2D eigenvalue weighted by Crippen LogP contribution is 2.36. The monoisotopic (exact) mass is 448 g/mol. The second-order valence-electron chi connectivity index (χ2n) is 6.03. The third-order valence-electron chi connectivity index (χ3n) is 3.55. The Hall–Kier alpha value is -2.08. The van der Waals surface area contributed by atoms with Crippen molar-refractivity contribution in [3.8, 4) is 0 Å². The molecule has 0 saturated heterocycles. The first-order chi connectivity index (χ1) is 13.5. The smallest absolute Gasteiger partial charge is 0.383 e. The molecule has 2 N–H and O–H groups in total. The first-order valence-electron chi connectivity index (χ1n) is 8.28. The predicted molar refractivity (Wildman–Crippen MR) is 104 cm³/mol. The van der Waals surface area contributed by atoms with E-state index in [-0.39, 0.29) is 33.7 Å². The number of sulfonamides is 1. The van der Waals surface area contributed by atoms with Crippen LogP contribution in [-0.2, 0) is 14.8 Å². The number of thioether (sulfide) groups is 1. The minimum atomic E-state index is -4.40. The Kier molecular flexibility index (Phi) is 7.69. The summed E-state index contributed by atoms with van der Waals surface area (Å²) < 4.78 is 68.9. The van der Waals surface area contributed by atoms with Crippen LogP contribution >= 0.6 is 11.8 Å². The summed E-state index contributed by atoms with van der Waals surface area (Å²) in [6.07, 6.45) is 0. The van der Waals surface area contributed by atoms with Crippen LogP contribution in [0.1, 0.15) is 17.3 Å². The highest BCUT2D eigenvalue weighted by Gasteiger charge is 2.29. The molecule has 0 aliphatic rings. The quantitative estimate of drug-likeness (QED) is 0.599. The fourth-order valence-electron chi connectivity index (χ4n) is 2.35. The zero-order valence-corrected chi connectivity index (χ0v) is 17.1. The largest absolute Gasteiger partial charge is 0.446 e. The Balaban J connectivity index is 2.03. The van der Waals surface area contributed by atoms with E-state index in [1.807, 2.05) is 0 Å². The molecule has 2 aromatic rings. The maximum atomic E-state index is 12.3. The van der Waals surface area contributed by atoms with Crippen molar-refractivity contribution in [1.29, 1.82) is 0 Å². The number of halogens is 3. The van der Waals surface area contributed by atoms with Crippen molar-refractivity contribution in [3.05, 3.63) is 54.1 Å². The van der Waals surface area contributed by atoms with Gasteiger partial charge in [0, 0.05) is 29.3 Å². The van der Waals surface area contributed by atoms with E-state index in [2.05, 4.69) is 10.0 Å². The highest BCUT2D eigenvalue weighted by atomic mass is 32.2. The molecule has 0 fully saturated rings. The molecule has 11 heteroatoms. The number of methoxy groups -OCH3 is 1. The Labute approximate surface area is 170 Å². The Morgan fingerprint density at radius 2 is 1.69 bits per heavy atom. The average molecular weight is 448 g/mol. The fraction of sp³-hybridized carbons (Fsp3) is 0.278. The molecule has 2 rings (SSSR count). The number of carbonyl (C=O) groups is 1. The number of hydrogen-bond donors (Lipinski definition) is 2. The molecule has 0 saturated carbocycles. The van der Waals surface area contributed by atoms with Gasteiger partial charge in [-0.05, 0) is 67.2 Å². The molecule has 1 unspecified atom stereocenters. The molecule has 0 bridgehead atoms. The van der Waals surface area contributed by atoms with Crippen LogP contribution in [0.4, 0.5) is 18.9 Å². The molecule has 0 aromatic heterocycles. The molecule has 0 heterocycles. The van der Waals surface area contributed by atoms with Gasteiger partial charge in [-0.2, -0.15) is 13.2 Å². The zero-order valence-electron chi connectivity index (χ0n) is 15.5. The van der Waals surface area contributed by atoms with Gasteiger partial charge in [0.2, 0.25) is 10.0 Å². The van der Waals surface area contributed by atoms with Gasteiger partial charge in [-0.15, -0.1) is 0 Å². The normalized spacial score (nSPS) is 13.1. The molecule has 0 aliphatic carbocycles. The molecule has 0 spiro atoms. The topological polar surface area (TPSA) is 84.5 Å². The Morgan fingerprint density at radius 1 is 1.10 bits per heavy atom. The van der Waals surface area contributed by atoms with Crippen molar-refractivity contribution >= 4 is 33.4 Å². The van der Waals surface area contributed by atoms with Crippen molar-refractivity contribution in [3.63, 3.8) is 0 Å². The molecule has 158 valence electrons. The van der Waals surface area contributed by atoms with E-state index in [4.69, 9.17) is 4.74 Å². The first kappa shape index (κ1) is 23.2. The summed E-state index contributed by atoms with van der Waals surface area (Å²) in [5.41, 5.74) is -3.89. The van der Waals surface area contributed by atoms with E-state index < -0.39 is 27.5 Å². The van der Waals surface area contributed by atoms with Crippen LogP contribution in [0.3, 0.4) is 0 Å². The van der Waals surface area contributed by atoms with E-state index in [1.165, 1.54) is 55.6 Å². The average Bonchev–Trinajstić information content (AvgIpc) is 2.61. The predicted octanol–water partition coefficient (Wildman–Crippen LogP) is 3.86.